The van der Waals surface area contributed by atoms with Crippen molar-refractivity contribution in [3.05, 3.63) is 58.0 Å². The predicted molar refractivity (Wildman–Crippen MR) is 107 cm³/mol. The predicted octanol–water partition coefficient (Wildman–Crippen LogP) is 2.70. The van der Waals surface area contributed by atoms with Crippen LogP contribution in [0.2, 0.25) is 0 Å². The van der Waals surface area contributed by atoms with Crippen LogP contribution in [0.1, 0.15) is 29.9 Å². The molecule has 4 rings (SSSR count). The zero-order valence-corrected chi connectivity index (χ0v) is 16.5. The minimum Gasteiger partial charge on any atom is -0.370 e. The number of aryl methyl sites for hydroxylation is 2. The third kappa shape index (κ3) is 3.90. The highest BCUT2D eigenvalue weighted by Crippen LogP contribution is 2.25. The number of nitrogens with zero attached hydrogens (tertiary/aromatic N) is 6. The zero-order chi connectivity index (χ0) is 20.4. The summed E-state index contributed by atoms with van der Waals surface area (Å²) in [6, 6.07) is 7.78. The zero-order valence-electron chi connectivity index (χ0n) is 16.5. The maximum Gasteiger partial charge on any atom is 0.269 e. The maximum absolute atomic E-state index is 12.7. The standard InChI is InChI=1S/C21H22N6O2/c1-14-3-4-17(11-23-14)21-19(15(2)29-25-21)13-27-20(28)9-18(12-24-27)26-7-5-16(10-22)6-8-26/h3-4,9,11-12,16H,5-8,13H2,1-2H3. The van der Waals surface area contributed by atoms with Crippen LogP contribution in [0.3, 0.4) is 0 Å². The molecule has 1 aliphatic heterocycles. The molecule has 0 amide bonds. The van der Waals surface area contributed by atoms with Crippen molar-refractivity contribution in [3.8, 4) is 17.3 Å². The summed E-state index contributed by atoms with van der Waals surface area (Å²) in [6.45, 7) is 5.55. The van der Waals surface area contributed by atoms with Gasteiger partial charge in [0.05, 0.1) is 24.5 Å². The van der Waals surface area contributed by atoms with Gasteiger partial charge in [-0.25, -0.2) is 4.68 Å². The highest BCUT2D eigenvalue weighted by atomic mass is 16.5. The first-order valence-electron chi connectivity index (χ1n) is 9.65. The van der Waals surface area contributed by atoms with Gasteiger partial charge in [0.1, 0.15) is 11.5 Å². The third-order valence-corrected chi connectivity index (χ3v) is 5.38. The van der Waals surface area contributed by atoms with Gasteiger partial charge in [0, 0.05) is 48.1 Å². The van der Waals surface area contributed by atoms with Gasteiger partial charge in [-0.1, -0.05) is 5.16 Å². The Morgan fingerprint density at radius 2 is 2.03 bits per heavy atom. The molecule has 0 saturated carbocycles. The molecule has 1 aliphatic rings. The molecule has 1 saturated heterocycles. The number of rotatable bonds is 4. The summed E-state index contributed by atoms with van der Waals surface area (Å²) in [6.07, 6.45) is 5.09. The summed E-state index contributed by atoms with van der Waals surface area (Å²) in [5.41, 5.74) is 3.86. The van der Waals surface area contributed by atoms with Crippen molar-refractivity contribution in [1.29, 1.82) is 5.26 Å². The molecule has 3 aromatic heterocycles. The Bertz CT molecular complexity index is 1100. The van der Waals surface area contributed by atoms with Crippen molar-refractivity contribution in [2.24, 2.45) is 5.92 Å². The molecule has 0 spiro atoms. The second-order valence-electron chi connectivity index (χ2n) is 7.35. The molecule has 8 heteroatoms. The first-order chi connectivity index (χ1) is 14.0. The molecule has 29 heavy (non-hydrogen) atoms. The molecule has 0 bridgehead atoms. The van der Waals surface area contributed by atoms with Gasteiger partial charge in [0.2, 0.25) is 0 Å². The van der Waals surface area contributed by atoms with Crippen molar-refractivity contribution < 1.29 is 4.52 Å². The van der Waals surface area contributed by atoms with Crippen LogP contribution in [0.25, 0.3) is 11.3 Å². The molecule has 0 N–H and O–H groups in total. The lowest BCUT2D eigenvalue weighted by Crippen LogP contribution is -2.35. The number of hydrogen-bond acceptors (Lipinski definition) is 7. The van der Waals surface area contributed by atoms with Crippen LogP contribution in [0, 0.1) is 31.1 Å². The molecule has 0 radical (unpaired) electrons. The summed E-state index contributed by atoms with van der Waals surface area (Å²) < 4.78 is 6.79. The van der Waals surface area contributed by atoms with Crippen molar-refractivity contribution in [1.82, 2.24) is 19.9 Å². The Labute approximate surface area is 168 Å². The van der Waals surface area contributed by atoms with E-state index in [1.165, 1.54) is 4.68 Å². The van der Waals surface area contributed by atoms with E-state index in [1.807, 2.05) is 26.0 Å². The summed E-state index contributed by atoms with van der Waals surface area (Å²) in [7, 11) is 0. The Morgan fingerprint density at radius 1 is 1.24 bits per heavy atom. The number of aromatic nitrogens is 4. The smallest absolute Gasteiger partial charge is 0.269 e. The number of pyridine rings is 1. The summed E-state index contributed by atoms with van der Waals surface area (Å²) >= 11 is 0. The number of hydrogen-bond donors (Lipinski definition) is 0. The summed E-state index contributed by atoms with van der Waals surface area (Å²) in [4.78, 5) is 19.1. The van der Waals surface area contributed by atoms with Crippen molar-refractivity contribution in [3.63, 3.8) is 0 Å². The minimum absolute atomic E-state index is 0.103. The Kier molecular flexibility index (Phi) is 5.12. The Morgan fingerprint density at radius 3 is 2.69 bits per heavy atom. The third-order valence-electron chi connectivity index (χ3n) is 5.38. The molecule has 3 aromatic rings. The van der Waals surface area contributed by atoms with Gasteiger partial charge < -0.3 is 9.42 Å². The lowest BCUT2D eigenvalue weighted by Gasteiger charge is -2.30. The molecule has 8 nitrogen and oxygen atoms in total. The largest absolute Gasteiger partial charge is 0.370 e. The molecular weight excluding hydrogens is 368 g/mol. The molecule has 0 atom stereocenters. The summed E-state index contributed by atoms with van der Waals surface area (Å²) in [5, 5.41) is 17.6. The normalized spacial score (nSPS) is 14.7. The molecule has 148 valence electrons. The SMILES string of the molecule is Cc1ccc(-c2noc(C)c2Cn2ncc(N3CCC(C#N)CC3)cc2=O)cn1. The monoisotopic (exact) mass is 390 g/mol. The fourth-order valence-electron chi connectivity index (χ4n) is 3.54. The number of nitriles is 1. The van der Waals surface area contributed by atoms with Crippen LogP contribution in [0.15, 0.2) is 39.9 Å². The first kappa shape index (κ1) is 18.9. The van der Waals surface area contributed by atoms with E-state index in [1.54, 1.807) is 18.5 Å². The van der Waals surface area contributed by atoms with Gasteiger partial charge in [0.15, 0.2) is 0 Å². The van der Waals surface area contributed by atoms with E-state index in [2.05, 4.69) is 26.2 Å². The van der Waals surface area contributed by atoms with Gasteiger partial charge >= 0.3 is 0 Å². The van der Waals surface area contributed by atoms with Crippen LogP contribution < -0.4 is 10.5 Å². The van der Waals surface area contributed by atoms with Gasteiger partial charge in [-0.3, -0.25) is 9.78 Å². The maximum atomic E-state index is 12.7. The van der Waals surface area contributed by atoms with Gasteiger partial charge in [-0.2, -0.15) is 10.4 Å². The highest BCUT2D eigenvalue weighted by molar-refractivity contribution is 5.62. The number of piperidine rings is 1. The van der Waals surface area contributed by atoms with Gasteiger partial charge in [-0.05, 0) is 38.8 Å². The fourth-order valence-corrected chi connectivity index (χ4v) is 3.54. The lowest BCUT2D eigenvalue weighted by molar-refractivity contribution is 0.397. The Balaban J connectivity index is 1.57. The molecule has 0 unspecified atom stereocenters. The van der Waals surface area contributed by atoms with Crippen molar-refractivity contribution >= 4 is 5.69 Å². The average Bonchev–Trinajstić information content (AvgIpc) is 3.10. The fraction of sp³-hybridized carbons (Fsp3) is 0.381. The quantitative estimate of drug-likeness (QED) is 0.675. The second kappa shape index (κ2) is 7.87. The van der Waals surface area contributed by atoms with Crippen LogP contribution in [0.5, 0.6) is 0 Å². The van der Waals surface area contributed by atoms with E-state index < -0.39 is 0 Å². The van der Waals surface area contributed by atoms with Crippen LogP contribution in [0.4, 0.5) is 5.69 Å². The second-order valence-corrected chi connectivity index (χ2v) is 7.35. The van der Waals surface area contributed by atoms with Gasteiger partial charge in [-0.15, -0.1) is 0 Å². The van der Waals surface area contributed by atoms with E-state index in [-0.39, 0.29) is 18.0 Å². The van der Waals surface area contributed by atoms with Crippen molar-refractivity contribution in [2.75, 3.05) is 18.0 Å². The number of anilines is 1. The molecule has 0 aliphatic carbocycles. The average molecular weight is 390 g/mol. The van der Waals surface area contributed by atoms with E-state index in [0.29, 0.717) is 11.5 Å². The Hall–Kier alpha value is -3.47. The molecular formula is C21H22N6O2. The molecule has 4 heterocycles. The van der Waals surface area contributed by atoms with Crippen LogP contribution >= 0.6 is 0 Å². The van der Waals surface area contributed by atoms with Crippen molar-refractivity contribution in [2.45, 2.75) is 33.2 Å². The topological polar surface area (TPSA) is 101 Å². The first-order valence-corrected chi connectivity index (χ1v) is 9.65. The van der Waals surface area contributed by atoms with Gasteiger partial charge in [0.25, 0.3) is 5.56 Å². The lowest BCUT2D eigenvalue weighted by atomic mass is 9.98. The van der Waals surface area contributed by atoms with E-state index in [9.17, 15) is 4.79 Å². The molecule has 0 aromatic carbocycles. The minimum atomic E-state index is -0.182. The van der Waals surface area contributed by atoms with E-state index in [4.69, 9.17) is 9.78 Å². The molecule has 1 fully saturated rings. The van der Waals surface area contributed by atoms with E-state index >= 15 is 0 Å². The summed E-state index contributed by atoms with van der Waals surface area (Å²) in [5.74, 6) is 0.753. The highest BCUT2D eigenvalue weighted by Gasteiger charge is 2.20. The van der Waals surface area contributed by atoms with Crippen LogP contribution in [-0.4, -0.2) is 33.0 Å². The van der Waals surface area contributed by atoms with E-state index in [0.717, 1.165) is 48.4 Å². The van der Waals surface area contributed by atoms with Crippen LogP contribution in [-0.2, 0) is 6.54 Å².